The van der Waals surface area contributed by atoms with Crippen LogP contribution >= 0.6 is 15.9 Å². The minimum Gasteiger partial charge on any atom is -0.326 e. The lowest BCUT2D eigenvalue weighted by Crippen LogP contribution is -2.30. The fourth-order valence-electron chi connectivity index (χ4n) is 2.75. The van der Waals surface area contributed by atoms with Crippen LogP contribution in [0.25, 0.3) is 0 Å². The standard InChI is InChI=1S/C16H23BrN2O/c1-11-8-14(9-12(2)16(11)17)19-15(20)6-5-13-4-3-7-18-10-13/h8-9,13,18H,3-7,10H2,1-2H3,(H,19,20). The predicted molar refractivity (Wildman–Crippen MR) is 87.1 cm³/mol. The molecule has 1 atom stereocenters. The number of carbonyl (C=O) groups is 1. The SMILES string of the molecule is Cc1cc(NC(=O)CCC2CCCNC2)cc(C)c1Br. The summed E-state index contributed by atoms with van der Waals surface area (Å²) in [4.78, 5) is 12.0. The van der Waals surface area contributed by atoms with Crippen LogP contribution in [-0.2, 0) is 4.79 Å². The third-order valence-electron chi connectivity index (χ3n) is 3.90. The van der Waals surface area contributed by atoms with E-state index >= 15 is 0 Å². The number of benzene rings is 1. The van der Waals surface area contributed by atoms with E-state index < -0.39 is 0 Å². The summed E-state index contributed by atoms with van der Waals surface area (Å²) >= 11 is 3.54. The Hall–Kier alpha value is -0.870. The van der Waals surface area contributed by atoms with Crippen molar-refractivity contribution in [3.8, 4) is 0 Å². The molecule has 2 rings (SSSR count). The van der Waals surface area contributed by atoms with Gasteiger partial charge in [-0.1, -0.05) is 15.9 Å². The van der Waals surface area contributed by atoms with Crippen molar-refractivity contribution in [2.24, 2.45) is 5.92 Å². The summed E-state index contributed by atoms with van der Waals surface area (Å²) in [6, 6.07) is 4.02. The highest BCUT2D eigenvalue weighted by Crippen LogP contribution is 2.25. The second-order valence-electron chi connectivity index (χ2n) is 5.72. The van der Waals surface area contributed by atoms with Gasteiger partial charge in [0.2, 0.25) is 5.91 Å². The molecule has 2 N–H and O–H groups in total. The molecule has 3 nitrogen and oxygen atoms in total. The molecule has 0 saturated carbocycles. The van der Waals surface area contributed by atoms with Gasteiger partial charge in [0.25, 0.3) is 0 Å². The first-order valence-corrected chi connectivity index (χ1v) is 8.13. The number of anilines is 1. The van der Waals surface area contributed by atoms with E-state index in [0.29, 0.717) is 12.3 Å². The van der Waals surface area contributed by atoms with E-state index in [9.17, 15) is 4.79 Å². The molecule has 1 aliphatic rings. The summed E-state index contributed by atoms with van der Waals surface area (Å²) in [5.41, 5.74) is 3.20. The number of hydrogen-bond donors (Lipinski definition) is 2. The molecule has 4 heteroatoms. The summed E-state index contributed by atoms with van der Waals surface area (Å²) in [5, 5.41) is 6.40. The number of piperidine rings is 1. The number of rotatable bonds is 4. The highest BCUT2D eigenvalue weighted by Gasteiger charge is 2.14. The number of aryl methyl sites for hydroxylation is 2. The molecule has 1 unspecified atom stereocenters. The number of nitrogens with one attached hydrogen (secondary N) is 2. The van der Waals surface area contributed by atoms with Crippen molar-refractivity contribution in [2.75, 3.05) is 18.4 Å². The van der Waals surface area contributed by atoms with Gasteiger partial charge in [-0.05, 0) is 75.4 Å². The molecule has 110 valence electrons. The zero-order chi connectivity index (χ0) is 14.5. The fourth-order valence-corrected chi connectivity index (χ4v) is 2.98. The second kappa shape index (κ2) is 7.23. The number of hydrogen-bond acceptors (Lipinski definition) is 2. The van der Waals surface area contributed by atoms with Crippen LogP contribution in [0.1, 0.15) is 36.8 Å². The van der Waals surface area contributed by atoms with E-state index in [2.05, 4.69) is 26.6 Å². The Balaban J connectivity index is 1.84. The average molecular weight is 339 g/mol. The first-order valence-electron chi connectivity index (χ1n) is 7.33. The van der Waals surface area contributed by atoms with Gasteiger partial charge in [0, 0.05) is 16.6 Å². The van der Waals surface area contributed by atoms with Gasteiger partial charge in [-0.2, -0.15) is 0 Å². The first-order chi connectivity index (χ1) is 9.56. The van der Waals surface area contributed by atoms with Crippen molar-refractivity contribution >= 4 is 27.5 Å². The largest absolute Gasteiger partial charge is 0.326 e. The van der Waals surface area contributed by atoms with Crippen molar-refractivity contribution in [1.29, 1.82) is 0 Å². The summed E-state index contributed by atoms with van der Waals surface area (Å²) in [6.45, 7) is 6.27. The maximum atomic E-state index is 12.0. The minimum atomic E-state index is 0.122. The van der Waals surface area contributed by atoms with Gasteiger partial charge in [0.1, 0.15) is 0 Å². The first kappa shape index (κ1) is 15.5. The highest BCUT2D eigenvalue weighted by atomic mass is 79.9. The van der Waals surface area contributed by atoms with Crippen molar-refractivity contribution in [3.63, 3.8) is 0 Å². The molecule has 0 bridgehead atoms. The Morgan fingerprint density at radius 1 is 1.40 bits per heavy atom. The van der Waals surface area contributed by atoms with Crippen LogP contribution in [0.2, 0.25) is 0 Å². The molecule has 1 aromatic rings. The van der Waals surface area contributed by atoms with E-state index in [1.165, 1.54) is 12.8 Å². The second-order valence-corrected chi connectivity index (χ2v) is 6.52. The van der Waals surface area contributed by atoms with Gasteiger partial charge < -0.3 is 10.6 Å². The van der Waals surface area contributed by atoms with Crippen LogP contribution in [-0.4, -0.2) is 19.0 Å². The smallest absolute Gasteiger partial charge is 0.224 e. The summed E-state index contributed by atoms with van der Waals surface area (Å²) < 4.78 is 1.11. The zero-order valence-electron chi connectivity index (χ0n) is 12.3. The Morgan fingerprint density at radius 2 is 2.10 bits per heavy atom. The quantitative estimate of drug-likeness (QED) is 0.876. The molecule has 0 radical (unpaired) electrons. The van der Waals surface area contributed by atoms with E-state index in [1.807, 2.05) is 26.0 Å². The van der Waals surface area contributed by atoms with Crippen molar-refractivity contribution < 1.29 is 4.79 Å². The average Bonchev–Trinajstić information content (AvgIpc) is 2.43. The van der Waals surface area contributed by atoms with E-state index in [-0.39, 0.29) is 5.91 Å². The molecular formula is C16H23BrN2O. The predicted octanol–water partition coefficient (Wildman–Crippen LogP) is 3.78. The maximum absolute atomic E-state index is 12.0. The topological polar surface area (TPSA) is 41.1 Å². The Labute approximate surface area is 129 Å². The molecule has 20 heavy (non-hydrogen) atoms. The third-order valence-corrected chi connectivity index (χ3v) is 5.15. The summed E-state index contributed by atoms with van der Waals surface area (Å²) in [6.07, 6.45) is 4.07. The van der Waals surface area contributed by atoms with E-state index in [0.717, 1.165) is 40.8 Å². The Kier molecular flexibility index (Phi) is 5.61. The van der Waals surface area contributed by atoms with Crippen molar-refractivity contribution in [2.45, 2.75) is 39.5 Å². The number of carbonyl (C=O) groups excluding carboxylic acids is 1. The van der Waals surface area contributed by atoms with Gasteiger partial charge >= 0.3 is 0 Å². The van der Waals surface area contributed by atoms with Gasteiger partial charge in [0.15, 0.2) is 0 Å². The van der Waals surface area contributed by atoms with Gasteiger partial charge in [0.05, 0.1) is 0 Å². The van der Waals surface area contributed by atoms with Crippen LogP contribution in [0.5, 0.6) is 0 Å². The van der Waals surface area contributed by atoms with Crippen LogP contribution in [0.3, 0.4) is 0 Å². The number of halogens is 1. The van der Waals surface area contributed by atoms with Gasteiger partial charge in [-0.15, -0.1) is 0 Å². The zero-order valence-corrected chi connectivity index (χ0v) is 13.8. The molecule has 1 aliphatic heterocycles. The fraction of sp³-hybridized carbons (Fsp3) is 0.562. The third kappa shape index (κ3) is 4.32. The number of amides is 1. The lowest BCUT2D eigenvalue weighted by Gasteiger charge is -2.22. The Morgan fingerprint density at radius 3 is 2.70 bits per heavy atom. The Bertz CT molecular complexity index is 458. The van der Waals surface area contributed by atoms with E-state index in [4.69, 9.17) is 0 Å². The van der Waals surface area contributed by atoms with Crippen LogP contribution in [0, 0.1) is 19.8 Å². The lowest BCUT2D eigenvalue weighted by molar-refractivity contribution is -0.116. The lowest BCUT2D eigenvalue weighted by atomic mass is 9.94. The van der Waals surface area contributed by atoms with Crippen LogP contribution < -0.4 is 10.6 Å². The minimum absolute atomic E-state index is 0.122. The van der Waals surface area contributed by atoms with Crippen LogP contribution in [0.15, 0.2) is 16.6 Å². The summed E-state index contributed by atoms with van der Waals surface area (Å²) in [5.74, 6) is 0.777. The molecule has 1 aromatic carbocycles. The molecule has 0 aromatic heterocycles. The molecule has 1 amide bonds. The van der Waals surface area contributed by atoms with Gasteiger partial charge in [-0.3, -0.25) is 4.79 Å². The summed E-state index contributed by atoms with van der Waals surface area (Å²) in [7, 11) is 0. The highest BCUT2D eigenvalue weighted by molar-refractivity contribution is 9.10. The van der Waals surface area contributed by atoms with E-state index in [1.54, 1.807) is 0 Å². The maximum Gasteiger partial charge on any atom is 0.224 e. The molecule has 0 spiro atoms. The molecule has 1 saturated heterocycles. The molecule has 1 heterocycles. The normalized spacial score (nSPS) is 18.9. The van der Waals surface area contributed by atoms with Crippen LogP contribution in [0.4, 0.5) is 5.69 Å². The molecule has 0 aliphatic carbocycles. The molecule has 1 fully saturated rings. The monoisotopic (exact) mass is 338 g/mol. The van der Waals surface area contributed by atoms with Crippen molar-refractivity contribution in [1.82, 2.24) is 5.32 Å². The molecular weight excluding hydrogens is 316 g/mol. The van der Waals surface area contributed by atoms with Crippen molar-refractivity contribution in [3.05, 3.63) is 27.7 Å². The van der Waals surface area contributed by atoms with Gasteiger partial charge in [-0.25, -0.2) is 0 Å².